The van der Waals surface area contributed by atoms with Gasteiger partial charge in [-0.05, 0) is 49.1 Å². The van der Waals surface area contributed by atoms with Crippen molar-refractivity contribution in [2.75, 3.05) is 7.11 Å². The van der Waals surface area contributed by atoms with Crippen LogP contribution in [0.5, 0.6) is 5.75 Å². The van der Waals surface area contributed by atoms with Crippen LogP contribution in [0.15, 0.2) is 30.3 Å². The molecule has 1 nitrogen and oxygen atoms in total. The van der Waals surface area contributed by atoms with Gasteiger partial charge in [-0.2, -0.15) is 0 Å². The van der Waals surface area contributed by atoms with Crippen molar-refractivity contribution in [2.24, 2.45) is 0 Å². The molecule has 4 heteroatoms. The van der Waals surface area contributed by atoms with Gasteiger partial charge in [0.1, 0.15) is 17.4 Å². The Labute approximate surface area is 128 Å². The maximum absolute atomic E-state index is 13.7. The highest BCUT2D eigenvalue weighted by molar-refractivity contribution is 6.21. The first-order chi connectivity index (χ1) is 9.93. The van der Waals surface area contributed by atoms with Crippen LogP contribution >= 0.6 is 11.6 Å². The molecule has 0 aromatic heterocycles. The Hall–Kier alpha value is -1.61. The molecule has 0 bridgehead atoms. The Morgan fingerprint density at radius 2 is 1.62 bits per heavy atom. The zero-order valence-electron chi connectivity index (χ0n) is 12.2. The van der Waals surface area contributed by atoms with Gasteiger partial charge < -0.3 is 4.74 Å². The summed E-state index contributed by atoms with van der Waals surface area (Å²) >= 11 is 6.35. The van der Waals surface area contributed by atoms with Crippen LogP contribution in [0.4, 0.5) is 8.78 Å². The lowest BCUT2D eigenvalue weighted by Crippen LogP contribution is -2.03. The standard InChI is InChI=1S/C17H17ClF2O/c1-10-7-12(8-11(2)17(10)21-3)14(18)9-13-15(19)5-4-6-16(13)20/h4-8,14H,9H2,1-3H3. The van der Waals surface area contributed by atoms with E-state index in [1.165, 1.54) is 18.2 Å². The molecule has 21 heavy (non-hydrogen) atoms. The second-order valence-electron chi connectivity index (χ2n) is 5.06. The summed E-state index contributed by atoms with van der Waals surface area (Å²) in [6.07, 6.45) is 0.102. The van der Waals surface area contributed by atoms with Crippen LogP contribution in [-0.4, -0.2) is 7.11 Å². The van der Waals surface area contributed by atoms with E-state index in [0.717, 1.165) is 22.4 Å². The maximum atomic E-state index is 13.7. The van der Waals surface area contributed by atoms with Crippen LogP contribution in [0.3, 0.4) is 0 Å². The molecule has 0 aliphatic heterocycles. The van der Waals surface area contributed by atoms with Crippen molar-refractivity contribution in [3.63, 3.8) is 0 Å². The fourth-order valence-electron chi connectivity index (χ4n) is 2.51. The summed E-state index contributed by atoms with van der Waals surface area (Å²) in [6.45, 7) is 3.84. The minimum atomic E-state index is -0.567. The molecule has 0 amide bonds. The van der Waals surface area contributed by atoms with Gasteiger partial charge in [-0.25, -0.2) is 8.78 Å². The summed E-state index contributed by atoms with van der Waals surface area (Å²) in [4.78, 5) is 0. The summed E-state index contributed by atoms with van der Waals surface area (Å²) in [5.74, 6) is -0.329. The van der Waals surface area contributed by atoms with Crippen LogP contribution in [0.1, 0.15) is 27.6 Å². The Morgan fingerprint density at radius 1 is 1.10 bits per heavy atom. The van der Waals surface area contributed by atoms with E-state index in [1.54, 1.807) is 7.11 Å². The average Bonchev–Trinajstić information content (AvgIpc) is 2.42. The lowest BCUT2D eigenvalue weighted by Gasteiger charge is -2.15. The number of aryl methyl sites for hydroxylation is 2. The number of benzene rings is 2. The Bertz CT molecular complexity index is 612. The third-order valence-electron chi connectivity index (χ3n) is 3.49. The summed E-state index contributed by atoms with van der Waals surface area (Å²) in [6, 6.07) is 7.61. The molecule has 2 rings (SSSR count). The van der Waals surface area contributed by atoms with Crippen molar-refractivity contribution < 1.29 is 13.5 Å². The predicted octanol–water partition coefficient (Wildman–Crippen LogP) is 5.11. The number of methoxy groups -OCH3 is 1. The average molecular weight is 311 g/mol. The van der Waals surface area contributed by atoms with Crippen LogP contribution in [0.2, 0.25) is 0 Å². The third-order valence-corrected chi connectivity index (χ3v) is 3.90. The monoisotopic (exact) mass is 310 g/mol. The van der Waals surface area contributed by atoms with Gasteiger partial charge in [-0.1, -0.05) is 18.2 Å². The molecule has 0 saturated heterocycles. The van der Waals surface area contributed by atoms with Gasteiger partial charge in [-0.15, -0.1) is 11.6 Å². The van der Waals surface area contributed by atoms with Gasteiger partial charge in [0, 0.05) is 5.56 Å². The van der Waals surface area contributed by atoms with E-state index in [4.69, 9.17) is 16.3 Å². The summed E-state index contributed by atoms with van der Waals surface area (Å²) in [5.41, 5.74) is 2.75. The van der Waals surface area contributed by atoms with E-state index in [0.29, 0.717) is 0 Å². The number of ether oxygens (including phenoxy) is 1. The van der Waals surface area contributed by atoms with Crippen molar-refractivity contribution >= 4 is 11.6 Å². The molecule has 0 aliphatic carbocycles. The molecule has 1 unspecified atom stereocenters. The molecular weight excluding hydrogens is 294 g/mol. The molecule has 0 fully saturated rings. The number of hydrogen-bond donors (Lipinski definition) is 0. The largest absolute Gasteiger partial charge is 0.496 e. The second kappa shape index (κ2) is 6.44. The molecular formula is C17H17ClF2O. The zero-order chi connectivity index (χ0) is 15.6. The van der Waals surface area contributed by atoms with Gasteiger partial charge in [0.2, 0.25) is 0 Å². The molecule has 0 aliphatic rings. The normalized spacial score (nSPS) is 12.3. The fourth-order valence-corrected chi connectivity index (χ4v) is 2.79. The van der Waals surface area contributed by atoms with Crippen LogP contribution in [-0.2, 0) is 6.42 Å². The van der Waals surface area contributed by atoms with Crippen molar-refractivity contribution in [1.29, 1.82) is 0 Å². The fraction of sp³-hybridized carbons (Fsp3) is 0.294. The summed E-state index contributed by atoms with van der Waals surface area (Å²) in [5, 5.41) is -0.500. The Morgan fingerprint density at radius 3 is 2.10 bits per heavy atom. The molecule has 0 radical (unpaired) electrons. The zero-order valence-corrected chi connectivity index (χ0v) is 13.0. The third kappa shape index (κ3) is 3.35. The van der Waals surface area contributed by atoms with E-state index in [2.05, 4.69) is 0 Å². The number of rotatable bonds is 4. The molecule has 2 aromatic rings. The van der Waals surface area contributed by atoms with E-state index >= 15 is 0 Å². The van der Waals surface area contributed by atoms with E-state index in [9.17, 15) is 8.78 Å². The lowest BCUT2D eigenvalue weighted by molar-refractivity contribution is 0.408. The SMILES string of the molecule is COc1c(C)cc(C(Cl)Cc2c(F)cccc2F)cc1C. The molecule has 112 valence electrons. The molecule has 2 aromatic carbocycles. The van der Waals surface area contributed by atoms with Crippen molar-refractivity contribution in [2.45, 2.75) is 25.6 Å². The number of alkyl halides is 1. The molecule has 0 N–H and O–H groups in total. The first kappa shape index (κ1) is 15.8. The highest BCUT2D eigenvalue weighted by Gasteiger charge is 2.17. The maximum Gasteiger partial charge on any atom is 0.129 e. The molecule has 1 atom stereocenters. The van der Waals surface area contributed by atoms with Gasteiger partial charge in [-0.3, -0.25) is 0 Å². The highest BCUT2D eigenvalue weighted by Crippen LogP contribution is 2.32. The molecule has 0 saturated carbocycles. The lowest BCUT2D eigenvalue weighted by atomic mass is 9.99. The van der Waals surface area contributed by atoms with Crippen LogP contribution in [0.25, 0.3) is 0 Å². The van der Waals surface area contributed by atoms with Gasteiger partial charge in [0.25, 0.3) is 0 Å². The number of halogens is 3. The Balaban J connectivity index is 2.31. The van der Waals surface area contributed by atoms with Gasteiger partial charge in [0.15, 0.2) is 0 Å². The molecule has 0 heterocycles. The number of hydrogen-bond acceptors (Lipinski definition) is 1. The predicted molar refractivity (Wildman–Crippen MR) is 81.1 cm³/mol. The van der Waals surface area contributed by atoms with Crippen molar-refractivity contribution in [3.8, 4) is 5.75 Å². The van der Waals surface area contributed by atoms with E-state index in [1.807, 2.05) is 26.0 Å². The quantitative estimate of drug-likeness (QED) is 0.713. The Kier molecular flexibility index (Phi) is 4.84. The summed E-state index contributed by atoms with van der Waals surface area (Å²) in [7, 11) is 1.61. The highest BCUT2D eigenvalue weighted by atomic mass is 35.5. The van der Waals surface area contributed by atoms with Gasteiger partial charge >= 0.3 is 0 Å². The second-order valence-corrected chi connectivity index (χ2v) is 5.59. The first-order valence-corrected chi connectivity index (χ1v) is 7.09. The first-order valence-electron chi connectivity index (χ1n) is 6.66. The van der Waals surface area contributed by atoms with E-state index < -0.39 is 17.0 Å². The minimum Gasteiger partial charge on any atom is -0.496 e. The van der Waals surface area contributed by atoms with Crippen LogP contribution in [0, 0.1) is 25.5 Å². The smallest absolute Gasteiger partial charge is 0.129 e. The van der Waals surface area contributed by atoms with Gasteiger partial charge in [0.05, 0.1) is 12.5 Å². The summed E-state index contributed by atoms with van der Waals surface area (Å²) < 4.78 is 32.7. The van der Waals surface area contributed by atoms with E-state index in [-0.39, 0.29) is 12.0 Å². The van der Waals surface area contributed by atoms with Crippen molar-refractivity contribution in [1.82, 2.24) is 0 Å². The molecule has 0 spiro atoms. The minimum absolute atomic E-state index is 0.0172. The van der Waals surface area contributed by atoms with Crippen LogP contribution < -0.4 is 4.74 Å². The topological polar surface area (TPSA) is 9.23 Å². The van der Waals surface area contributed by atoms with Crippen molar-refractivity contribution in [3.05, 3.63) is 64.2 Å².